The summed E-state index contributed by atoms with van der Waals surface area (Å²) in [5.41, 5.74) is 5.46. The highest BCUT2D eigenvalue weighted by molar-refractivity contribution is 5.77. The van der Waals surface area contributed by atoms with Gasteiger partial charge in [0.25, 0.3) is 0 Å². The Balaban J connectivity index is 1.46. The molecule has 1 aliphatic rings. The molecule has 0 spiro atoms. The molecular weight excluding hydrogens is 324 g/mol. The number of imidazole rings is 1. The lowest BCUT2D eigenvalue weighted by molar-refractivity contribution is 0.208. The van der Waals surface area contributed by atoms with Crippen LogP contribution in [0.25, 0.3) is 11.0 Å². The number of aromatic nitrogens is 3. The van der Waals surface area contributed by atoms with Crippen molar-refractivity contribution < 1.29 is 0 Å². The van der Waals surface area contributed by atoms with Crippen LogP contribution in [0.2, 0.25) is 0 Å². The average molecular weight is 346 g/mol. The molecule has 26 heavy (non-hydrogen) atoms. The first-order valence-electron chi connectivity index (χ1n) is 8.90. The van der Waals surface area contributed by atoms with E-state index in [0.29, 0.717) is 5.56 Å². The Kier molecular flexibility index (Phi) is 4.31. The molecule has 0 aliphatic carbocycles. The first-order chi connectivity index (χ1) is 12.7. The molecule has 0 unspecified atom stereocenters. The van der Waals surface area contributed by atoms with Gasteiger partial charge < -0.3 is 9.47 Å². The van der Waals surface area contributed by atoms with Gasteiger partial charge in [0.15, 0.2) is 0 Å². The molecule has 0 radical (unpaired) electrons. The number of pyridine rings is 1. The van der Waals surface area contributed by atoms with E-state index < -0.39 is 0 Å². The Morgan fingerprint density at radius 3 is 2.62 bits per heavy atom. The van der Waals surface area contributed by atoms with Crippen LogP contribution in [0, 0.1) is 25.2 Å². The molecule has 1 aliphatic heterocycles. The maximum Gasteiger partial charge on any atom is 0.146 e. The predicted molar refractivity (Wildman–Crippen MR) is 102 cm³/mol. The molecule has 4 rings (SSSR count). The lowest BCUT2D eigenvalue weighted by atomic mass is 10.1. The second kappa shape index (κ2) is 6.77. The van der Waals surface area contributed by atoms with Gasteiger partial charge in [-0.3, -0.25) is 4.90 Å². The summed E-state index contributed by atoms with van der Waals surface area (Å²) in [4.78, 5) is 13.6. The predicted octanol–water partition coefficient (Wildman–Crippen LogP) is 2.70. The number of piperazine rings is 1. The molecule has 0 atom stereocenters. The minimum absolute atomic E-state index is 0.646. The van der Waals surface area contributed by atoms with E-state index in [0.717, 1.165) is 44.2 Å². The van der Waals surface area contributed by atoms with E-state index in [1.54, 1.807) is 6.20 Å². The fourth-order valence-electron chi connectivity index (χ4n) is 3.48. The van der Waals surface area contributed by atoms with Crippen molar-refractivity contribution >= 4 is 16.9 Å². The lowest BCUT2D eigenvalue weighted by Crippen LogP contribution is -2.47. The second-order valence-electron chi connectivity index (χ2n) is 6.87. The van der Waals surface area contributed by atoms with Crippen LogP contribution in [0.5, 0.6) is 0 Å². The first kappa shape index (κ1) is 16.6. The Morgan fingerprint density at radius 1 is 1.08 bits per heavy atom. The molecule has 0 N–H and O–H groups in total. The van der Waals surface area contributed by atoms with Crippen LogP contribution in [0.1, 0.15) is 16.7 Å². The lowest BCUT2D eigenvalue weighted by Gasteiger charge is -2.35. The number of nitrogens with zero attached hydrogens (tertiary/aromatic N) is 6. The van der Waals surface area contributed by atoms with E-state index in [-0.39, 0.29) is 0 Å². The minimum Gasteiger partial charge on any atom is -0.353 e. The smallest absolute Gasteiger partial charge is 0.146 e. The maximum absolute atomic E-state index is 9.28. The van der Waals surface area contributed by atoms with Crippen LogP contribution >= 0.6 is 0 Å². The van der Waals surface area contributed by atoms with Crippen molar-refractivity contribution in [2.24, 2.45) is 0 Å². The highest BCUT2D eigenvalue weighted by atomic mass is 15.3. The minimum atomic E-state index is 0.646. The number of aryl methyl sites for hydroxylation is 2. The van der Waals surface area contributed by atoms with Gasteiger partial charge in [0.2, 0.25) is 0 Å². The number of nitriles is 1. The largest absolute Gasteiger partial charge is 0.353 e. The third kappa shape index (κ3) is 3.02. The number of benzene rings is 1. The van der Waals surface area contributed by atoms with Crippen LogP contribution < -0.4 is 4.90 Å². The van der Waals surface area contributed by atoms with E-state index in [1.165, 1.54) is 16.6 Å². The number of hydrogen-bond acceptors (Lipinski definition) is 5. The van der Waals surface area contributed by atoms with Crippen LogP contribution in [0.4, 0.5) is 5.82 Å². The quantitative estimate of drug-likeness (QED) is 0.730. The number of hydrogen-bond donors (Lipinski definition) is 0. The standard InChI is InChI=1S/C20H22N6/c1-15-10-18-19(11-16(15)2)26(13-23-18)14-24-6-8-25(9-7-24)20-17(12-21)4-3-5-22-20/h3-5,10-11,13H,6-9,14H2,1-2H3. The van der Waals surface area contributed by atoms with Crippen molar-refractivity contribution in [3.05, 3.63) is 53.5 Å². The maximum atomic E-state index is 9.28. The van der Waals surface area contributed by atoms with E-state index in [4.69, 9.17) is 0 Å². The Labute approximate surface area is 153 Å². The number of anilines is 1. The molecule has 0 amide bonds. The van der Waals surface area contributed by atoms with Gasteiger partial charge in [-0.1, -0.05) is 0 Å². The zero-order valence-corrected chi connectivity index (χ0v) is 15.2. The zero-order valence-electron chi connectivity index (χ0n) is 15.2. The second-order valence-corrected chi connectivity index (χ2v) is 6.87. The molecule has 1 fully saturated rings. The average Bonchev–Trinajstić information content (AvgIpc) is 3.04. The van der Waals surface area contributed by atoms with Gasteiger partial charge in [-0.25, -0.2) is 9.97 Å². The highest BCUT2D eigenvalue weighted by Gasteiger charge is 2.20. The van der Waals surface area contributed by atoms with Crippen molar-refractivity contribution in [3.8, 4) is 6.07 Å². The van der Waals surface area contributed by atoms with Gasteiger partial charge in [-0.2, -0.15) is 5.26 Å². The number of fused-ring (bicyclic) bond motifs is 1. The molecule has 1 aromatic carbocycles. The molecule has 3 aromatic rings. The Morgan fingerprint density at radius 2 is 1.85 bits per heavy atom. The van der Waals surface area contributed by atoms with Crippen LogP contribution in [0.3, 0.4) is 0 Å². The molecule has 1 saturated heterocycles. The summed E-state index contributed by atoms with van der Waals surface area (Å²) in [5.74, 6) is 0.800. The fraction of sp³-hybridized carbons (Fsp3) is 0.350. The Hall–Kier alpha value is -2.91. The summed E-state index contributed by atoms with van der Waals surface area (Å²) in [7, 11) is 0. The van der Waals surface area contributed by atoms with Gasteiger partial charge in [0, 0.05) is 32.4 Å². The van der Waals surface area contributed by atoms with Gasteiger partial charge in [-0.05, 0) is 49.2 Å². The molecule has 3 heterocycles. The molecule has 0 bridgehead atoms. The molecule has 0 saturated carbocycles. The van der Waals surface area contributed by atoms with E-state index in [1.807, 2.05) is 18.5 Å². The topological polar surface area (TPSA) is 61.0 Å². The van der Waals surface area contributed by atoms with E-state index in [9.17, 15) is 5.26 Å². The molecular formula is C20H22N6. The summed E-state index contributed by atoms with van der Waals surface area (Å²) >= 11 is 0. The van der Waals surface area contributed by atoms with E-state index >= 15 is 0 Å². The zero-order chi connectivity index (χ0) is 18.1. The Bertz CT molecular complexity index is 976. The molecule has 2 aromatic heterocycles. The summed E-state index contributed by atoms with van der Waals surface area (Å²) in [6.07, 6.45) is 3.69. The highest BCUT2D eigenvalue weighted by Crippen LogP contribution is 2.21. The summed E-state index contributed by atoms with van der Waals surface area (Å²) in [6.45, 7) is 8.72. The monoisotopic (exact) mass is 346 g/mol. The summed E-state index contributed by atoms with van der Waals surface area (Å²) in [5, 5.41) is 9.28. The van der Waals surface area contributed by atoms with Gasteiger partial charge in [0.1, 0.15) is 11.9 Å². The van der Waals surface area contributed by atoms with Crippen LogP contribution in [0.15, 0.2) is 36.8 Å². The van der Waals surface area contributed by atoms with E-state index in [2.05, 4.69) is 56.4 Å². The van der Waals surface area contributed by atoms with Crippen molar-refractivity contribution in [2.75, 3.05) is 31.1 Å². The fourth-order valence-corrected chi connectivity index (χ4v) is 3.48. The number of rotatable bonds is 3. The third-order valence-electron chi connectivity index (χ3n) is 5.17. The summed E-state index contributed by atoms with van der Waals surface area (Å²) in [6, 6.07) is 10.3. The van der Waals surface area contributed by atoms with Crippen molar-refractivity contribution in [1.82, 2.24) is 19.4 Å². The summed E-state index contributed by atoms with van der Waals surface area (Å²) < 4.78 is 2.22. The molecule has 6 heteroatoms. The van der Waals surface area contributed by atoms with Gasteiger partial charge >= 0.3 is 0 Å². The van der Waals surface area contributed by atoms with Gasteiger partial charge in [0.05, 0.1) is 29.6 Å². The normalized spacial score (nSPS) is 15.3. The van der Waals surface area contributed by atoms with Gasteiger partial charge in [-0.15, -0.1) is 0 Å². The first-order valence-corrected chi connectivity index (χ1v) is 8.90. The third-order valence-corrected chi connectivity index (χ3v) is 5.17. The van der Waals surface area contributed by atoms with Crippen LogP contribution in [-0.4, -0.2) is 45.6 Å². The van der Waals surface area contributed by atoms with Crippen molar-refractivity contribution in [3.63, 3.8) is 0 Å². The SMILES string of the molecule is Cc1cc2ncn(CN3CCN(c4ncccc4C#N)CC3)c2cc1C. The molecule has 6 nitrogen and oxygen atoms in total. The van der Waals surface area contributed by atoms with Crippen LogP contribution in [-0.2, 0) is 6.67 Å². The molecule has 132 valence electrons. The van der Waals surface area contributed by atoms with Crippen molar-refractivity contribution in [1.29, 1.82) is 5.26 Å². The van der Waals surface area contributed by atoms with Crippen molar-refractivity contribution in [2.45, 2.75) is 20.5 Å².